The molecule has 2 aromatic rings. The van der Waals surface area contributed by atoms with E-state index in [2.05, 4.69) is 32.9 Å². The molecule has 2 aromatic carbocycles. The second-order valence-electron chi connectivity index (χ2n) is 9.21. The maximum absolute atomic E-state index is 10.5. The molecule has 7 heteroatoms. The third kappa shape index (κ3) is 15.3. The van der Waals surface area contributed by atoms with Crippen molar-refractivity contribution in [1.29, 1.82) is 0 Å². The maximum atomic E-state index is 10.5. The molecular weight excluding hydrogens is 505 g/mol. The Kier molecular flexibility index (Phi) is 19.5. The van der Waals surface area contributed by atoms with Gasteiger partial charge < -0.3 is 4.48 Å². The minimum absolute atomic E-state index is 0. The van der Waals surface area contributed by atoms with Crippen LogP contribution in [0.5, 0.6) is 0 Å². The summed E-state index contributed by atoms with van der Waals surface area (Å²) in [4.78, 5) is -0.0666. The molecule has 0 amide bonds. The summed E-state index contributed by atoms with van der Waals surface area (Å²) in [7, 11) is -4.02. The second-order valence-corrected chi connectivity index (χ2v) is 11.1. The molecule has 0 aliphatic heterocycles. The normalized spacial score (nSPS) is 11.4. The molecule has 0 aliphatic carbocycles. The van der Waals surface area contributed by atoms with Gasteiger partial charge in [0.05, 0.1) is 31.1 Å². The van der Waals surface area contributed by atoms with Crippen LogP contribution in [0, 0.1) is 6.92 Å². The van der Waals surface area contributed by atoms with Crippen LogP contribution in [0.15, 0.2) is 53.4 Å². The predicted octanol–water partition coefficient (Wildman–Crippen LogP) is 4.74. The average Bonchev–Trinajstić information content (AvgIpc) is 2.82. The van der Waals surface area contributed by atoms with E-state index < -0.39 is 10.1 Å². The fraction of sp³-hybridized carbons (Fsp3) is 0.571. The summed E-state index contributed by atoms with van der Waals surface area (Å²) in [6.07, 6.45) is 10.8. The van der Waals surface area contributed by atoms with Gasteiger partial charge in [-0.2, -0.15) is 8.42 Å². The van der Waals surface area contributed by atoms with Gasteiger partial charge in [0.1, 0.15) is 0 Å². The minimum atomic E-state index is -4.02. The molecule has 0 bridgehead atoms. The SMILES string of the molecule is CCCCCCC[N+](CC)(CC)CCCCc1ccc(Cl)cc1.Cc1ccc(S(=O)(=O)O)cc1.[K+]. The van der Waals surface area contributed by atoms with E-state index >= 15 is 0 Å². The van der Waals surface area contributed by atoms with Crippen molar-refractivity contribution in [2.24, 2.45) is 0 Å². The predicted molar refractivity (Wildman–Crippen MR) is 145 cm³/mol. The number of unbranched alkanes of at least 4 members (excludes halogenated alkanes) is 5. The summed E-state index contributed by atoms with van der Waals surface area (Å²) < 4.78 is 30.9. The van der Waals surface area contributed by atoms with Crippen LogP contribution < -0.4 is 51.4 Å². The standard InChI is InChI=1S/C21H37ClN.C7H8O3S.K/c1-4-7-8-9-11-18-23(5-2,6-3)19-12-10-13-20-14-16-21(22)17-15-20;1-6-2-4-7(5-3-6)11(8,9)10;/h14-17H,4-13,18-19H2,1-3H3;2-5H,1H3,(H,8,9,10);/q+1;;+1. The molecule has 0 saturated carbocycles. The summed E-state index contributed by atoms with van der Waals surface area (Å²) >= 11 is 5.95. The van der Waals surface area contributed by atoms with Gasteiger partial charge in [0.25, 0.3) is 10.1 Å². The molecule has 35 heavy (non-hydrogen) atoms. The van der Waals surface area contributed by atoms with Crippen LogP contribution in [0.1, 0.15) is 76.8 Å². The van der Waals surface area contributed by atoms with E-state index in [9.17, 15) is 8.42 Å². The number of hydrogen-bond acceptors (Lipinski definition) is 2. The molecule has 0 radical (unpaired) electrons. The Morgan fingerprint density at radius 2 is 1.29 bits per heavy atom. The van der Waals surface area contributed by atoms with Crippen molar-refractivity contribution in [2.45, 2.75) is 84.0 Å². The third-order valence-corrected chi connectivity index (χ3v) is 7.78. The van der Waals surface area contributed by atoms with Crippen LogP contribution in [0.25, 0.3) is 0 Å². The van der Waals surface area contributed by atoms with E-state index in [0.29, 0.717) is 0 Å². The number of nitrogens with zero attached hydrogens (tertiary/aromatic N) is 1. The molecule has 0 unspecified atom stereocenters. The number of quaternary nitrogens is 1. The summed E-state index contributed by atoms with van der Waals surface area (Å²) in [5, 5.41) is 0.837. The van der Waals surface area contributed by atoms with E-state index in [-0.39, 0.29) is 56.3 Å². The van der Waals surface area contributed by atoms with Crippen LogP contribution in [0.4, 0.5) is 0 Å². The number of hydrogen-bond donors (Lipinski definition) is 1. The Balaban J connectivity index is 0.000000807. The fourth-order valence-corrected chi connectivity index (χ4v) is 4.76. The second kappa shape index (κ2) is 19.3. The van der Waals surface area contributed by atoms with Gasteiger partial charge in [-0.1, -0.05) is 67.6 Å². The fourth-order valence-electron chi connectivity index (χ4n) is 4.16. The van der Waals surface area contributed by atoms with Crippen molar-refractivity contribution < 1.29 is 68.8 Å². The van der Waals surface area contributed by atoms with Gasteiger partial charge in [0.15, 0.2) is 0 Å². The molecule has 4 nitrogen and oxygen atoms in total. The van der Waals surface area contributed by atoms with Crippen LogP contribution in [-0.4, -0.2) is 43.6 Å². The molecule has 0 aliphatic rings. The van der Waals surface area contributed by atoms with Crippen LogP contribution >= 0.6 is 11.6 Å². The van der Waals surface area contributed by atoms with Crippen molar-refractivity contribution in [3.05, 3.63) is 64.7 Å². The van der Waals surface area contributed by atoms with Gasteiger partial charge >= 0.3 is 51.4 Å². The molecule has 0 atom stereocenters. The zero-order valence-electron chi connectivity index (χ0n) is 22.6. The third-order valence-electron chi connectivity index (χ3n) is 6.66. The van der Waals surface area contributed by atoms with Gasteiger partial charge in [-0.25, -0.2) is 0 Å². The maximum Gasteiger partial charge on any atom is 1.00 e. The first-order valence-corrected chi connectivity index (χ1v) is 14.6. The van der Waals surface area contributed by atoms with Gasteiger partial charge in [-0.3, -0.25) is 4.55 Å². The van der Waals surface area contributed by atoms with E-state index in [0.717, 1.165) is 10.6 Å². The van der Waals surface area contributed by atoms with Crippen molar-refractivity contribution in [3.8, 4) is 0 Å². The van der Waals surface area contributed by atoms with Crippen molar-refractivity contribution in [1.82, 2.24) is 0 Å². The molecule has 0 fully saturated rings. The van der Waals surface area contributed by atoms with E-state index in [1.54, 1.807) is 12.1 Å². The number of halogens is 1. The quantitative estimate of drug-likeness (QED) is 0.160. The van der Waals surface area contributed by atoms with Gasteiger partial charge in [-0.15, -0.1) is 0 Å². The Bertz CT molecular complexity index is 899. The molecule has 0 spiro atoms. The first-order chi connectivity index (χ1) is 16.2. The zero-order valence-corrected chi connectivity index (χ0v) is 27.3. The molecule has 1 N–H and O–H groups in total. The molecule has 0 heterocycles. The van der Waals surface area contributed by atoms with Crippen molar-refractivity contribution in [2.75, 3.05) is 26.2 Å². The Labute approximate surface area is 262 Å². The summed E-state index contributed by atoms with van der Waals surface area (Å²) in [6.45, 7) is 14.2. The first kappa shape index (κ1) is 35.2. The Hall–Kier alpha value is 0.236. The molecule has 0 aromatic heterocycles. The monoisotopic (exact) mass is 549 g/mol. The molecule has 0 saturated heterocycles. The molecular formula is C28H45ClKNO3S+2. The molecule has 2 rings (SSSR count). The summed E-state index contributed by atoms with van der Waals surface area (Å²) in [6, 6.07) is 14.3. The average molecular weight is 550 g/mol. The van der Waals surface area contributed by atoms with E-state index in [1.165, 1.54) is 99.7 Å². The van der Waals surface area contributed by atoms with Crippen LogP contribution in [-0.2, 0) is 16.5 Å². The minimum Gasteiger partial charge on any atom is -0.324 e. The number of aryl methyl sites for hydroxylation is 2. The van der Waals surface area contributed by atoms with Gasteiger partial charge in [0.2, 0.25) is 0 Å². The smallest absolute Gasteiger partial charge is 0.324 e. The first-order valence-electron chi connectivity index (χ1n) is 12.8. The van der Waals surface area contributed by atoms with Crippen molar-refractivity contribution >= 4 is 21.7 Å². The van der Waals surface area contributed by atoms with Crippen molar-refractivity contribution in [3.63, 3.8) is 0 Å². The Morgan fingerprint density at radius 3 is 1.77 bits per heavy atom. The van der Waals surface area contributed by atoms with Gasteiger partial charge in [-0.05, 0) is 82.7 Å². The largest absolute Gasteiger partial charge is 1.00 e. The number of benzene rings is 2. The van der Waals surface area contributed by atoms with Gasteiger partial charge in [0, 0.05) is 5.02 Å². The topological polar surface area (TPSA) is 54.4 Å². The molecule has 192 valence electrons. The van der Waals surface area contributed by atoms with E-state index in [1.807, 2.05) is 19.1 Å². The van der Waals surface area contributed by atoms with Crippen LogP contribution in [0.2, 0.25) is 5.02 Å². The Morgan fingerprint density at radius 1 is 0.771 bits per heavy atom. The van der Waals surface area contributed by atoms with Crippen LogP contribution in [0.3, 0.4) is 0 Å². The van der Waals surface area contributed by atoms with E-state index in [4.69, 9.17) is 16.2 Å². The summed E-state index contributed by atoms with van der Waals surface area (Å²) in [5.74, 6) is 0. The zero-order chi connectivity index (χ0) is 25.5. The number of rotatable bonds is 14. The summed E-state index contributed by atoms with van der Waals surface area (Å²) in [5.41, 5.74) is 2.37.